The van der Waals surface area contributed by atoms with Crippen LogP contribution in [0.4, 0.5) is 0 Å². The van der Waals surface area contributed by atoms with Gasteiger partial charge in [0.25, 0.3) is 0 Å². The summed E-state index contributed by atoms with van der Waals surface area (Å²) in [7, 11) is 0. The summed E-state index contributed by atoms with van der Waals surface area (Å²) in [6, 6.07) is -0.126. The second kappa shape index (κ2) is 9.07. The minimum atomic E-state index is -0.252. The van der Waals surface area contributed by atoms with Crippen molar-refractivity contribution in [3.63, 3.8) is 0 Å². The lowest BCUT2D eigenvalue weighted by atomic mass is 9.48. The zero-order valence-corrected chi connectivity index (χ0v) is 20.9. The molecule has 33 heavy (non-hydrogen) atoms. The maximum atomic E-state index is 12.2. The number of fused-ring (bicyclic) bond motifs is 5. The summed E-state index contributed by atoms with van der Waals surface area (Å²) >= 11 is 0. The number of rotatable bonds is 5. The number of allylic oxidation sites excluding steroid dienone is 1. The second-order valence-corrected chi connectivity index (χ2v) is 11.3. The van der Waals surface area contributed by atoms with Gasteiger partial charge < -0.3 is 14.8 Å². The number of carbonyl (C=O) groups excluding carboxylic acids is 3. The standard InChI is InChI=1S/C27H41NO5/c1-6-23(30)32-18-10-12-26(4)17(14-18)8-9-19-20(26)11-13-27(5)21(19)15-22(33-24(31)7-2)25(27)28-16(3)29/h8,18-22,25H,6-7,9-15H2,1-5H3,(H,28,29)/t18-,19-,20+,21+,22-,25-,26+,27+/m1/s1. The Hall–Kier alpha value is -1.85. The lowest BCUT2D eigenvalue weighted by Gasteiger charge is -2.57. The summed E-state index contributed by atoms with van der Waals surface area (Å²) in [5.41, 5.74) is 1.54. The normalized spacial score (nSPS) is 41.7. The third-order valence-corrected chi connectivity index (χ3v) is 9.58. The zero-order valence-electron chi connectivity index (χ0n) is 20.9. The van der Waals surface area contributed by atoms with E-state index in [1.807, 2.05) is 13.8 Å². The van der Waals surface area contributed by atoms with Crippen LogP contribution in [0.5, 0.6) is 0 Å². The molecule has 0 heterocycles. The SMILES string of the molecule is CCC(=O)O[C@@H]1CC[C@@]2(C)C(=CC[C@H]3[C@@H]4C[C@@H](OC(=O)CC)[C@@H](NC(C)=O)[C@@]4(C)CC[C@@H]32)C1. The third-order valence-electron chi connectivity index (χ3n) is 9.58. The van der Waals surface area contributed by atoms with Crippen LogP contribution in [0, 0.1) is 28.6 Å². The minimum absolute atomic E-state index is 0.00986. The van der Waals surface area contributed by atoms with Crippen LogP contribution in [0.3, 0.4) is 0 Å². The van der Waals surface area contributed by atoms with Crippen molar-refractivity contribution in [2.75, 3.05) is 0 Å². The van der Waals surface area contributed by atoms with Gasteiger partial charge >= 0.3 is 11.9 Å². The monoisotopic (exact) mass is 459 g/mol. The summed E-state index contributed by atoms with van der Waals surface area (Å²) < 4.78 is 11.6. The third kappa shape index (κ3) is 4.23. The molecule has 0 aromatic carbocycles. The van der Waals surface area contributed by atoms with Gasteiger partial charge in [0.05, 0.1) is 6.04 Å². The molecule has 0 bridgehead atoms. The molecule has 4 aliphatic carbocycles. The first-order valence-electron chi connectivity index (χ1n) is 13.0. The van der Waals surface area contributed by atoms with Gasteiger partial charge in [-0.25, -0.2) is 0 Å². The number of esters is 2. The van der Waals surface area contributed by atoms with Crippen LogP contribution < -0.4 is 5.32 Å². The van der Waals surface area contributed by atoms with Gasteiger partial charge in [0, 0.05) is 26.2 Å². The molecule has 184 valence electrons. The Bertz CT molecular complexity index is 836. The number of hydrogen-bond acceptors (Lipinski definition) is 5. The van der Waals surface area contributed by atoms with Gasteiger partial charge in [-0.2, -0.15) is 0 Å². The molecule has 0 spiro atoms. The quantitative estimate of drug-likeness (QED) is 0.476. The Labute approximate surface area is 198 Å². The summed E-state index contributed by atoms with van der Waals surface area (Å²) in [5, 5.41) is 3.17. The van der Waals surface area contributed by atoms with E-state index in [0.29, 0.717) is 30.6 Å². The van der Waals surface area contributed by atoms with E-state index in [1.165, 1.54) is 5.57 Å². The Balaban J connectivity index is 1.58. The van der Waals surface area contributed by atoms with Crippen molar-refractivity contribution in [2.45, 2.75) is 111 Å². The predicted octanol–water partition coefficient (Wildman–Crippen LogP) is 4.71. The van der Waals surface area contributed by atoms with E-state index in [0.717, 1.165) is 44.9 Å². The smallest absolute Gasteiger partial charge is 0.305 e. The van der Waals surface area contributed by atoms with Gasteiger partial charge in [-0.1, -0.05) is 39.3 Å². The molecular formula is C27H41NO5. The molecule has 0 radical (unpaired) electrons. The Morgan fingerprint density at radius 1 is 1.03 bits per heavy atom. The zero-order chi connectivity index (χ0) is 24.0. The van der Waals surface area contributed by atoms with Crippen LogP contribution in [0.1, 0.15) is 92.4 Å². The molecule has 6 heteroatoms. The number of nitrogens with one attached hydrogen (secondary N) is 1. The highest BCUT2D eigenvalue weighted by Crippen LogP contribution is 2.65. The van der Waals surface area contributed by atoms with Gasteiger partial charge in [0.15, 0.2) is 0 Å². The molecule has 3 saturated carbocycles. The van der Waals surface area contributed by atoms with Crippen LogP contribution in [-0.4, -0.2) is 36.1 Å². The van der Waals surface area contributed by atoms with E-state index in [1.54, 1.807) is 6.92 Å². The van der Waals surface area contributed by atoms with E-state index in [4.69, 9.17) is 9.47 Å². The number of amides is 1. The maximum absolute atomic E-state index is 12.2. The molecule has 0 aromatic rings. The van der Waals surface area contributed by atoms with Gasteiger partial charge in [0.2, 0.25) is 5.91 Å². The van der Waals surface area contributed by atoms with Gasteiger partial charge in [-0.15, -0.1) is 0 Å². The molecular weight excluding hydrogens is 418 g/mol. The van der Waals surface area contributed by atoms with Crippen LogP contribution in [0.15, 0.2) is 11.6 Å². The highest BCUT2D eigenvalue weighted by molar-refractivity contribution is 5.74. The molecule has 1 N–H and O–H groups in total. The van der Waals surface area contributed by atoms with Crippen LogP contribution in [0.25, 0.3) is 0 Å². The van der Waals surface area contributed by atoms with Crippen molar-refractivity contribution < 1.29 is 23.9 Å². The highest BCUT2D eigenvalue weighted by atomic mass is 16.5. The van der Waals surface area contributed by atoms with Gasteiger partial charge in [0.1, 0.15) is 12.2 Å². The van der Waals surface area contributed by atoms with Crippen molar-refractivity contribution >= 4 is 17.8 Å². The van der Waals surface area contributed by atoms with Crippen molar-refractivity contribution in [1.29, 1.82) is 0 Å². The van der Waals surface area contributed by atoms with E-state index < -0.39 is 0 Å². The first-order valence-corrected chi connectivity index (χ1v) is 13.0. The summed E-state index contributed by atoms with van der Waals surface area (Å²) in [6.45, 7) is 9.95. The van der Waals surface area contributed by atoms with Crippen LogP contribution in [0.2, 0.25) is 0 Å². The molecule has 0 unspecified atom stereocenters. The van der Waals surface area contributed by atoms with Gasteiger partial charge in [-0.3, -0.25) is 14.4 Å². The van der Waals surface area contributed by atoms with Crippen molar-refractivity contribution in [2.24, 2.45) is 28.6 Å². The lowest BCUT2D eigenvalue weighted by Crippen LogP contribution is -2.55. The summed E-state index contributed by atoms with van der Waals surface area (Å²) in [4.78, 5) is 36.1. The van der Waals surface area contributed by atoms with E-state index in [2.05, 4.69) is 25.2 Å². The van der Waals surface area contributed by atoms with Crippen molar-refractivity contribution in [3.8, 4) is 0 Å². The molecule has 8 atom stereocenters. The van der Waals surface area contributed by atoms with Crippen LogP contribution >= 0.6 is 0 Å². The average Bonchev–Trinajstić information content (AvgIpc) is 3.04. The summed E-state index contributed by atoms with van der Waals surface area (Å²) in [5.74, 6) is 1.17. The first-order chi connectivity index (χ1) is 15.6. The number of carbonyl (C=O) groups is 3. The Morgan fingerprint density at radius 2 is 1.73 bits per heavy atom. The van der Waals surface area contributed by atoms with Crippen LogP contribution in [-0.2, 0) is 23.9 Å². The largest absolute Gasteiger partial charge is 0.462 e. The number of ether oxygens (including phenoxy) is 2. The molecule has 4 aliphatic rings. The number of hydrogen-bond donors (Lipinski definition) is 1. The fourth-order valence-corrected chi connectivity index (χ4v) is 7.83. The van der Waals surface area contributed by atoms with Crippen molar-refractivity contribution in [1.82, 2.24) is 5.32 Å². The van der Waals surface area contributed by atoms with Gasteiger partial charge in [-0.05, 0) is 67.1 Å². The Morgan fingerprint density at radius 3 is 2.39 bits per heavy atom. The molecule has 0 aliphatic heterocycles. The minimum Gasteiger partial charge on any atom is -0.462 e. The van der Waals surface area contributed by atoms with E-state index in [-0.39, 0.29) is 46.9 Å². The molecule has 4 rings (SSSR count). The second-order valence-electron chi connectivity index (χ2n) is 11.3. The maximum Gasteiger partial charge on any atom is 0.305 e. The van der Waals surface area contributed by atoms with E-state index >= 15 is 0 Å². The molecule has 6 nitrogen and oxygen atoms in total. The first kappa shape index (κ1) is 24.3. The molecule has 3 fully saturated rings. The molecule has 0 saturated heterocycles. The molecule has 1 amide bonds. The fraction of sp³-hybridized carbons (Fsp3) is 0.815. The molecule has 0 aromatic heterocycles. The Kier molecular flexibility index (Phi) is 6.67. The van der Waals surface area contributed by atoms with Crippen molar-refractivity contribution in [3.05, 3.63) is 11.6 Å². The predicted molar refractivity (Wildman–Crippen MR) is 125 cm³/mol. The average molecular weight is 460 g/mol. The fourth-order valence-electron chi connectivity index (χ4n) is 7.83. The van der Waals surface area contributed by atoms with E-state index in [9.17, 15) is 14.4 Å². The topological polar surface area (TPSA) is 81.7 Å². The lowest BCUT2D eigenvalue weighted by molar-refractivity contribution is -0.151. The highest BCUT2D eigenvalue weighted by Gasteiger charge is 2.62. The summed E-state index contributed by atoms with van der Waals surface area (Å²) in [6.07, 6.45) is 9.79.